The van der Waals surface area contributed by atoms with E-state index in [0.717, 1.165) is 11.1 Å². The first-order chi connectivity index (χ1) is 14.9. The fraction of sp³-hybridized carbons (Fsp3) is 0.0455. The maximum absolute atomic E-state index is 12.6. The predicted octanol–water partition coefficient (Wildman–Crippen LogP) is 5.83. The Morgan fingerprint density at radius 1 is 0.903 bits per heavy atom. The molecule has 1 aromatic heterocycles. The molecule has 1 heterocycles. The average molecular weight is 561 g/mol. The van der Waals surface area contributed by atoms with Gasteiger partial charge in [0.2, 0.25) is 11.8 Å². The fourth-order valence-electron chi connectivity index (χ4n) is 2.82. The van der Waals surface area contributed by atoms with Gasteiger partial charge in [0.05, 0.1) is 0 Å². The van der Waals surface area contributed by atoms with Gasteiger partial charge in [-0.1, -0.05) is 42.7 Å². The summed E-state index contributed by atoms with van der Waals surface area (Å²) in [6, 6.07) is 23.8. The molecule has 2 unspecified atom stereocenters. The van der Waals surface area contributed by atoms with Crippen LogP contribution in [-0.4, -0.2) is 19.2 Å². The number of anilines is 1. The summed E-state index contributed by atoms with van der Waals surface area (Å²) in [6.07, 6.45) is 0. The summed E-state index contributed by atoms with van der Waals surface area (Å²) in [5, 5.41) is 11.1. The van der Waals surface area contributed by atoms with Crippen molar-refractivity contribution in [3.8, 4) is 28.7 Å². The minimum absolute atomic E-state index is 0.228. The minimum atomic E-state index is -0.530. The number of carbonyl (C=O) groups excluding carboxylic acids is 1. The molecule has 0 aliphatic rings. The first-order valence-corrected chi connectivity index (χ1v) is 11.5. The third-order valence-electron chi connectivity index (χ3n) is 4.21. The molecule has 0 fully saturated rings. The molecule has 9 heteroatoms. The third kappa shape index (κ3) is 5.88. The van der Waals surface area contributed by atoms with Gasteiger partial charge in [-0.05, 0) is 77.2 Å². The summed E-state index contributed by atoms with van der Waals surface area (Å²) in [4.78, 5) is 12.6. The standard InChI is InChI=1S/C22H18IN3O3P2/c23-22(30,31)29-18-8-4-7-16(13-18)19(27)24-17-11-9-15(10-12-17)21-26-25-20(28-21)14-5-2-1-3-6-14/h1-13H,30-31H2,(H,24,27). The van der Waals surface area contributed by atoms with Crippen LogP contribution < -0.4 is 10.1 Å². The van der Waals surface area contributed by atoms with Crippen LogP contribution in [0.5, 0.6) is 5.75 Å². The van der Waals surface area contributed by atoms with Gasteiger partial charge in [-0.2, -0.15) is 0 Å². The molecule has 4 aromatic rings. The Hall–Kier alpha value is -2.34. The molecule has 6 nitrogen and oxygen atoms in total. The summed E-state index contributed by atoms with van der Waals surface area (Å²) in [6.45, 7) is 0. The van der Waals surface area contributed by atoms with Crippen molar-refractivity contribution in [2.24, 2.45) is 0 Å². The van der Waals surface area contributed by atoms with Gasteiger partial charge in [-0.3, -0.25) is 4.79 Å². The van der Waals surface area contributed by atoms with Crippen LogP contribution in [0.1, 0.15) is 10.4 Å². The Bertz CT molecular complexity index is 1190. The van der Waals surface area contributed by atoms with Crippen LogP contribution in [0.3, 0.4) is 0 Å². The largest absolute Gasteiger partial charge is 0.470 e. The molecule has 4 rings (SSSR count). The number of rotatable bonds is 6. The number of hydrogen-bond acceptors (Lipinski definition) is 5. The number of nitrogens with zero attached hydrogens (tertiary/aromatic N) is 2. The van der Waals surface area contributed by atoms with E-state index in [-0.39, 0.29) is 5.91 Å². The van der Waals surface area contributed by atoms with Crippen LogP contribution in [0, 0.1) is 0 Å². The molecule has 0 aliphatic heterocycles. The lowest BCUT2D eigenvalue weighted by molar-refractivity contribution is 0.102. The van der Waals surface area contributed by atoms with E-state index in [0.29, 0.717) is 28.8 Å². The molecular formula is C22H18IN3O3P2. The van der Waals surface area contributed by atoms with Crippen molar-refractivity contribution >= 4 is 52.7 Å². The molecule has 3 aromatic carbocycles. The lowest BCUT2D eigenvalue weighted by Crippen LogP contribution is -2.13. The maximum Gasteiger partial charge on any atom is 0.255 e. The molecule has 0 radical (unpaired) electrons. The van der Waals surface area contributed by atoms with Crippen molar-refractivity contribution in [3.05, 3.63) is 84.4 Å². The van der Waals surface area contributed by atoms with Crippen molar-refractivity contribution in [1.82, 2.24) is 10.2 Å². The fourth-order valence-corrected chi connectivity index (χ4v) is 3.34. The number of halogens is 1. The summed E-state index contributed by atoms with van der Waals surface area (Å²) in [5.74, 6) is 1.25. The van der Waals surface area contributed by atoms with E-state index in [1.54, 1.807) is 36.4 Å². The summed E-state index contributed by atoms with van der Waals surface area (Å²) < 4.78 is 11.0. The van der Waals surface area contributed by atoms with Crippen LogP contribution >= 0.6 is 41.1 Å². The molecule has 0 spiro atoms. The summed E-state index contributed by atoms with van der Waals surface area (Å²) >= 11 is 2.13. The second kappa shape index (κ2) is 9.43. The monoisotopic (exact) mass is 561 g/mol. The van der Waals surface area contributed by atoms with E-state index in [9.17, 15) is 4.79 Å². The number of ether oxygens (including phenoxy) is 1. The van der Waals surface area contributed by atoms with Crippen molar-refractivity contribution in [1.29, 1.82) is 0 Å². The summed E-state index contributed by atoms with van der Waals surface area (Å²) in [5.41, 5.74) is 2.78. The highest BCUT2D eigenvalue weighted by atomic mass is 127. The first kappa shape index (κ1) is 21.9. The van der Waals surface area contributed by atoms with Crippen molar-refractivity contribution < 1.29 is 13.9 Å². The highest BCUT2D eigenvalue weighted by Crippen LogP contribution is 2.37. The smallest absolute Gasteiger partial charge is 0.255 e. The van der Waals surface area contributed by atoms with E-state index >= 15 is 0 Å². The number of benzene rings is 3. The van der Waals surface area contributed by atoms with Gasteiger partial charge in [-0.15, -0.1) is 10.2 Å². The zero-order valence-corrected chi connectivity index (χ0v) is 20.6. The molecule has 0 saturated carbocycles. The second-order valence-corrected chi connectivity index (χ2v) is 13.1. The number of alkyl halides is 1. The van der Waals surface area contributed by atoms with Crippen molar-refractivity contribution in [3.63, 3.8) is 0 Å². The highest BCUT2D eigenvalue weighted by molar-refractivity contribution is 14.1. The molecule has 0 bridgehead atoms. The van der Waals surface area contributed by atoms with Gasteiger partial charge in [0, 0.05) is 22.4 Å². The Morgan fingerprint density at radius 2 is 1.55 bits per heavy atom. The van der Waals surface area contributed by atoms with Gasteiger partial charge in [0.15, 0.2) is 3.09 Å². The zero-order valence-electron chi connectivity index (χ0n) is 16.2. The minimum Gasteiger partial charge on any atom is -0.470 e. The number of hydrogen-bond donors (Lipinski definition) is 1. The molecule has 1 amide bonds. The molecule has 2 atom stereocenters. The maximum atomic E-state index is 12.6. The molecule has 156 valence electrons. The number of carbonyl (C=O) groups is 1. The molecule has 0 saturated heterocycles. The van der Waals surface area contributed by atoms with Gasteiger partial charge >= 0.3 is 0 Å². The van der Waals surface area contributed by atoms with Crippen LogP contribution in [0.15, 0.2) is 83.3 Å². The van der Waals surface area contributed by atoms with Gasteiger partial charge in [0.1, 0.15) is 5.75 Å². The van der Waals surface area contributed by atoms with E-state index in [2.05, 4.69) is 56.6 Å². The molecule has 31 heavy (non-hydrogen) atoms. The van der Waals surface area contributed by atoms with Crippen LogP contribution in [0.4, 0.5) is 5.69 Å². The molecule has 0 aliphatic carbocycles. The Kier molecular flexibility index (Phi) is 6.65. The number of nitrogens with one attached hydrogen (secondary N) is 1. The Morgan fingerprint density at radius 3 is 2.19 bits per heavy atom. The quantitative estimate of drug-likeness (QED) is 0.182. The van der Waals surface area contributed by atoms with Gasteiger partial charge < -0.3 is 14.5 Å². The van der Waals surface area contributed by atoms with Gasteiger partial charge in [0.25, 0.3) is 5.91 Å². The first-order valence-electron chi connectivity index (χ1n) is 9.24. The van der Waals surface area contributed by atoms with Gasteiger partial charge in [-0.25, -0.2) is 0 Å². The third-order valence-corrected chi connectivity index (χ3v) is 4.66. The van der Waals surface area contributed by atoms with E-state index in [4.69, 9.17) is 9.15 Å². The van der Waals surface area contributed by atoms with E-state index < -0.39 is 3.09 Å². The van der Waals surface area contributed by atoms with Crippen LogP contribution in [0.25, 0.3) is 22.9 Å². The number of aromatic nitrogens is 2. The van der Waals surface area contributed by atoms with Crippen molar-refractivity contribution in [2.45, 2.75) is 3.09 Å². The molecule has 1 N–H and O–H groups in total. The normalized spacial score (nSPS) is 11.2. The lowest BCUT2D eigenvalue weighted by Gasteiger charge is -2.19. The lowest BCUT2D eigenvalue weighted by atomic mass is 10.1. The number of amides is 1. The Labute approximate surface area is 197 Å². The van der Waals surface area contributed by atoms with Crippen LogP contribution in [-0.2, 0) is 0 Å². The zero-order chi connectivity index (χ0) is 21.8. The predicted molar refractivity (Wildman–Crippen MR) is 136 cm³/mol. The van der Waals surface area contributed by atoms with Crippen molar-refractivity contribution in [2.75, 3.05) is 5.32 Å². The van der Waals surface area contributed by atoms with Crippen LogP contribution in [0.2, 0.25) is 0 Å². The topological polar surface area (TPSA) is 77.3 Å². The second-order valence-electron chi connectivity index (χ2n) is 6.64. The Balaban J connectivity index is 1.45. The average Bonchev–Trinajstić information content (AvgIpc) is 3.24. The summed E-state index contributed by atoms with van der Waals surface area (Å²) in [7, 11) is 5.13. The van der Waals surface area contributed by atoms with E-state index in [1.807, 2.05) is 42.5 Å². The highest BCUT2D eigenvalue weighted by Gasteiger charge is 2.16. The SMILES string of the molecule is O=C(Nc1ccc(-c2nnc(-c3ccccc3)o2)cc1)c1cccc(OC(P)(P)I)c1. The van der Waals surface area contributed by atoms with E-state index in [1.165, 1.54) is 0 Å². The molecular weight excluding hydrogens is 543 g/mol.